The van der Waals surface area contributed by atoms with E-state index in [0.717, 1.165) is 16.7 Å². The third kappa shape index (κ3) is 6.07. The number of carbonyl (C=O) groups is 1. The fourth-order valence-corrected chi connectivity index (χ4v) is 4.18. The first kappa shape index (κ1) is 22.8. The molecule has 0 unspecified atom stereocenters. The quantitative estimate of drug-likeness (QED) is 0.522. The molecule has 1 amide bonds. The van der Waals surface area contributed by atoms with E-state index in [-0.39, 0.29) is 34.7 Å². The van der Waals surface area contributed by atoms with Gasteiger partial charge in [-0.25, -0.2) is 13.1 Å². The molecule has 8 heteroatoms. The van der Waals surface area contributed by atoms with E-state index in [1.807, 2.05) is 62.4 Å². The van der Waals surface area contributed by atoms with Gasteiger partial charge in [-0.05, 0) is 54.8 Å². The summed E-state index contributed by atoms with van der Waals surface area (Å²) >= 11 is 6.19. The first-order valence-corrected chi connectivity index (χ1v) is 11.4. The van der Waals surface area contributed by atoms with Crippen LogP contribution in [0, 0.1) is 13.8 Å². The van der Waals surface area contributed by atoms with Crippen molar-refractivity contribution >= 4 is 33.2 Å². The van der Waals surface area contributed by atoms with Crippen LogP contribution in [0.25, 0.3) is 0 Å². The van der Waals surface area contributed by atoms with Crippen LogP contribution in [0.5, 0.6) is 5.75 Å². The van der Waals surface area contributed by atoms with Gasteiger partial charge in [0.15, 0.2) is 6.61 Å². The molecule has 162 valence electrons. The first-order valence-electron chi connectivity index (χ1n) is 9.58. The molecule has 0 saturated heterocycles. The second-order valence-electron chi connectivity index (χ2n) is 6.99. The normalized spacial score (nSPS) is 11.2. The lowest BCUT2D eigenvalue weighted by molar-refractivity contribution is -0.118. The molecule has 2 N–H and O–H groups in total. The Bertz CT molecular complexity index is 1180. The van der Waals surface area contributed by atoms with Crippen LogP contribution in [-0.4, -0.2) is 20.9 Å². The Morgan fingerprint density at radius 1 is 1.00 bits per heavy atom. The van der Waals surface area contributed by atoms with Gasteiger partial charge in [-0.2, -0.15) is 0 Å². The number of sulfonamides is 1. The van der Waals surface area contributed by atoms with E-state index in [9.17, 15) is 13.2 Å². The summed E-state index contributed by atoms with van der Waals surface area (Å²) in [7, 11) is -3.75. The Labute approximate surface area is 187 Å². The van der Waals surface area contributed by atoms with Gasteiger partial charge in [0.1, 0.15) is 5.75 Å². The summed E-state index contributed by atoms with van der Waals surface area (Å²) in [5, 5.41) is 2.89. The van der Waals surface area contributed by atoms with E-state index < -0.39 is 10.0 Å². The second kappa shape index (κ2) is 9.96. The molecule has 0 radical (unpaired) electrons. The number of hydrogen-bond donors (Lipinski definition) is 2. The third-order valence-corrected chi connectivity index (χ3v) is 6.45. The Morgan fingerprint density at radius 2 is 1.74 bits per heavy atom. The van der Waals surface area contributed by atoms with E-state index in [1.165, 1.54) is 18.2 Å². The van der Waals surface area contributed by atoms with Crippen molar-refractivity contribution in [3.63, 3.8) is 0 Å². The van der Waals surface area contributed by atoms with Gasteiger partial charge in [-0.1, -0.05) is 54.1 Å². The fourth-order valence-electron chi connectivity index (χ4n) is 2.84. The highest BCUT2D eigenvalue weighted by Crippen LogP contribution is 2.27. The average molecular weight is 459 g/mol. The van der Waals surface area contributed by atoms with Crippen LogP contribution in [0.2, 0.25) is 5.02 Å². The Morgan fingerprint density at radius 3 is 2.45 bits per heavy atom. The molecule has 0 aliphatic carbocycles. The van der Waals surface area contributed by atoms with Crippen molar-refractivity contribution < 1.29 is 17.9 Å². The van der Waals surface area contributed by atoms with Gasteiger partial charge in [0.2, 0.25) is 10.0 Å². The topological polar surface area (TPSA) is 84.5 Å². The van der Waals surface area contributed by atoms with Gasteiger partial charge in [0.25, 0.3) is 5.91 Å². The smallest absolute Gasteiger partial charge is 0.262 e. The zero-order valence-electron chi connectivity index (χ0n) is 17.2. The van der Waals surface area contributed by atoms with Crippen LogP contribution in [0.3, 0.4) is 0 Å². The maximum absolute atomic E-state index is 12.5. The molecule has 31 heavy (non-hydrogen) atoms. The van der Waals surface area contributed by atoms with Crippen molar-refractivity contribution in [3.05, 3.63) is 88.4 Å². The maximum atomic E-state index is 12.5. The molecule has 0 saturated carbocycles. The highest BCUT2D eigenvalue weighted by molar-refractivity contribution is 7.89. The molecule has 0 aromatic heterocycles. The molecule has 0 bridgehead atoms. The molecule has 0 aliphatic rings. The number of carbonyl (C=O) groups excluding carboxylic acids is 1. The van der Waals surface area contributed by atoms with Crippen molar-refractivity contribution in [2.24, 2.45) is 0 Å². The standard InChI is InChI=1S/C23H23ClN2O4S/c1-16-7-6-10-21(17(16)2)26-23(27)15-30-22-12-11-19(13-20(22)24)31(28,29)25-14-18-8-4-3-5-9-18/h3-13,25H,14-15H2,1-2H3,(H,26,27). The monoisotopic (exact) mass is 458 g/mol. The number of benzene rings is 3. The number of halogens is 1. The number of amides is 1. The summed E-state index contributed by atoms with van der Waals surface area (Å²) in [5.41, 5.74) is 3.60. The largest absolute Gasteiger partial charge is 0.482 e. The lowest BCUT2D eigenvalue weighted by Gasteiger charge is -2.12. The van der Waals surface area contributed by atoms with Crippen molar-refractivity contribution in [2.45, 2.75) is 25.3 Å². The van der Waals surface area contributed by atoms with Crippen LogP contribution in [-0.2, 0) is 21.4 Å². The number of rotatable bonds is 8. The second-order valence-corrected chi connectivity index (χ2v) is 9.16. The maximum Gasteiger partial charge on any atom is 0.262 e. The van der Waals surface area contributed by atoms with Gasteiger partial charge in [-0.3, -0.25) is 4.79 Å². The molecule has 0 aliphatic heterocycles. The predicted octanol–water partition coefficient (Wildman–Crippen LogP) is 4.45. The minimum Gasteiger partial charge on any atom is -0.482 e. The lowest BCUT2D eigenvalue weighted by Crippen LogP contribution is -2.23. The lowest BCUT2D eigenvalue weighted by atomic mass is 10.1. The minimum atomic E-state index is -3.75. The van der Waals surface area contributed by atoms with Crippen LogP contribution >= 0.6 is 11.6 Å². The van der Waals surface area contributed by atoms with E-state index in [2.05, 4.69) is 10.0 Å². The SMILES string of the molecule is Cc1cccc(NC(=O)COc2ccc(S(=O)(=O)NCc3ccccc3)cc2Cl)c1C. The number of hydrogen-bond acceptors (Lipinski definition) is 4. The first-order chi connectivity index (χ1) is 14.8. The summed E-state index contributed by atoms with van der Waals surface area (Å²) < 4.78 is 33.1. The average Bonchev–Trinajstić information content (AvgIpc) is 2.75. The number of ether oxygens (including phenoxy) is 1. The molecular formula is C23H23ClN2O4S. The molecular weight excluding hydrogens is 436 g/mol. The molecule has 0 heterocycles. The number of anilines is 1. The number of nitrogens with one attached hydrogen (secondary N) is 2. The highest BCUT2D eigenvalue weighted by Gasteiger charge is 2.16. The van der Waals surface area contributed by atoms with Gasteiger partial charge in [-0.15, -0.1) is 0 Å². The van der Waals surface area contributed by atoms with Crippen molar-refractivity contribution in [3.8, 4) is 5.75 Å². The summed E-state index contributed by atoms with van der Waals surface area (Å²) in [4.78, 5) is 12.2. The molecule has 6 nitrogen and oxygen atoms in total. The van der Waals surface area contributed by atoms with E-state index in [0.29, 0.717) is 5.69 Å². The Kier molecular flexibility index (Phi) is 7.33. The zero-order valence-corrected chi connectivity index (χ0v) is 18.8. The van der Waals surface area contributed by atoms with Crippen molar-refractivity contribution in [2.75, 3.05) is 11.9 Å². The fraction of sp³-hybridized carbons (Fsp3) is 0.174. The Hall–Kier alpha value is -2.87. The minimum absolute atomic E-state index is 0.0145. The summed E-state index contributed by atoms with van der Waals surface area (Å²) in [6.45, 7) is 3.79. The van der Waals surface area contributed by atoms with Crippen LogP contribution in [0.15, 0.2) is 71.6 Å². The predicted molar refractivity (Wildman–Crippen MR) is 122 cm³/mol. The molecule has 3 rings (SSSR count). The third-order valence-electron chi connectivity index (χ3n) is 4.76. The van der Waals surface area contributed by atoms with Gasteiger partial charge < -0.3 is 10.1 Å². The van der Waals surface area contributed by atoms with Crippen LogP contribution < -0.4 is 14.8 Å². The van der Waals surface area contributed by atoms with Gasteiger partial charge >= 0.3 is 0 Å². The summed E-state index contributed by atoms with van der Waals surface area (Å²) in [5.74, 6) is -0.120. The summed E-state index contributed by atoms with van der Waals surface area (Å²) in [6, 6.07) is 19.0. The number of aryl methyl sites for hydroxylation is 1. The van der Waals surface area contributed by atoms with Crippen LogP contribution in [0.4, 0.5) is 5.69 Å². The molecule has 3 aromatic rings. The summed E-state index contributed by atoms with van der Waals surface area (Å²) in [6.07, 6.45) is 0. The van der Waals surface area contributed by atoms with Crippen molar-refractivity contribution in [1.29, 1.82) is 0 Å². The van der Waals surface area contributed by atoms with E-state index in [4.69, 9.17) is 16.3 Å². The molecule has 0 atom stereocenters. The molecule has 3 aromatic carbocycles. The highest BCUT2D eigenvalue weighted by atomic mass is 35.5. The Balaban J connectivity index is 1.61. The molecule has 0 spiro atoms. The van der Waals surface area contributed by atoms with Gasteiger partial charge in [0.05, 0.1) is 9.92 Å². The zero-order chi connectivity index (χ0) is 22.4. The van der Waals surface area contributed by atoms with E-state index >= 15 is 0 Å². The van der Waals surface area contributed by atoms with Gasteiger partial charge in [0, 0.05) is 12.2 Å². The van der Waals surface area contributed by atoms with Crippen molar-refractivity contribution in [1.82, 2.24) is 4.72 Å². The molecule has 0 fully saturated rings. The van der Waals surface area contributed by atoms with Crippen LogP contribution in [0.1, 0.15) is 16.7 Å². The van der Waals surface area contributed by atoms with E-state index in [1.54, 1.807) is 0 Å².